The van der Waals surface area contributed by atoms with Gasteiger partial charge in [0.05, 0.1) is 21.3 Å². The molecule has 35 heavy (non-hydrogen) atoms. The van der Waals surface area contributed by atoms with Crippen LogP contribution in [0.2, 0.25) is 10.0 Å². The number of nitrogens with zero attached hydrogens (tertiary/aromatic N) is 1. The van der Waals surface area contributed by atoms with Gasteiger partial charge in [0.25, 0.3) is 0 Å². The Hall–Kier alpha value is -2.46. The second-order valence-electron chi connectivity index (χ2n) is 6.72. The summed E-state index contributed by atoms with van der Waals surface area (Å²) in [7, 11) is 1.64. The summed E-state index contributed by atoms with van der Waals surface area (Å²) in [5.41, 5.74) is 3.36. The number of anilines is 2. The highest BCUT2D eigenvalue weighted by atomic mass is 127. The zero-order valence-corrected chi connectivity index (χ0v) is 23.3. The molecule has 12 heteroatoms. The quantitative estimate of drug-likeness (QED) is 0.0884. The molecule has 0 fully saturated rings. The first-order chi connectivity index (χ1) is 16.8. The number of hydrogen-bond donors (Lipinski definition) is 4. The normalized spacial score (nSPS) is 10.3. The predicted octanol–water partition coefficient (Wildman–Crippen LogP) is 6.68. The van der Waals surface area contributed by atoms with Crippen LogP contribution in [0.15, 0.2) is 48.8 Å². The second-order valence-corrected chi connectivity index (χ2v) is 9.59. The van der Waals surface area contributed by atoms with Crippen LogP contribution in [0.5, 0.6) is 5.75 Å². The van der Waals surface area contributed by atoms with Crippen molar-refractivity contribution in [2.24, 2.45) is 0 Å². The Balaban J connectivity index is 0.00000137. The molecule has 3 aromatic rings. The molecule has 2 aromatic carbocycles. The smallest absolute Gasteiger partial charge is 0.337 e. The zero-order valence-electron chi connectivity index (χ0n) is 18.7. The largest absolute Gasteiger partial charge is 0.489 e. The van der Waals surface area contributed by atoms with E-state index in [-0.39, 0.29) is 17.9 Å². The first kappa shape index (κ1) is 28.8. The van der Waals surface area contributed by atoms with Crippen molar-refractivity contribution in [3.63, 3.8) is 0 Å². The van der Waals surface area contributed by atoms with Gasteiger partial charge in [0.1, 0.15) is 18.6 Å². The summed E-state index contributed by atoms with van der Waals surface area (Å²) in [4.78, 5) is 24.2. The van der Waals surface area contributed by atoms with E-state index in [1.54, 1.807) is 31.3 Å². The van der Waals surface area contributed by atoms with Gasteiger partial charge in [-0.2, -0.15) is 0 Å². The molecule has 4 N–H and O–H groups in total. The summed E-state index contributed by atoms with van der Waals surface area (Å²) in [5.74, 6) is -0.503. The van der Waals surface area contributed by atoms with E-state index < -0.39 is 5.97 Å². The number of rotatable bonds is 9. The zero-order chi connectivity index (χ0) is 26.0. The summed E-state index contributed by atoms with van der Waals surface area (Å²) >= 11 is 14.6. The second kappa shape index (κ2) is 14.2. The highest BCUT2D eigenvalue weighted by Crippen LogP contribution is 2.32. The fourth-order valence-corrected chi connectivity index (χ4v) is 4.63. The van der Waals surface area contributed by atoms with Crippen LogP contribution in [0.3, 0.4) is 0 Å². The number of aldehydes is 1. The number of hydrogen-bond acceptors (Lipinski definition) is 7. The van der Waals surface area contributed by atoms with Crippen molar-refractivity contribution < 1.29 is 19.4 Å². The summed E-state index contributed by atoms with van der Waals surface area (Å²) < 4.78 is 5.90. The molecule has 0 amide bonds. The molecule has 3 rings (SSSR count). The molecule has 8 nitrogen and oxygen atoms in total. The minimum absolute atomic E-state index is 0.138. The predicted molar refractivity (Wildman–Crippen MR) is 152 cm³/mol. The van der Waals surface area contributed by atoms with Gasteiger partial charge >= 0.3 is 5.97 Å². The van der Waals surface area contributed by atoms with Crippen molar-refractivity contribution in [1.82, 2.24) is 4.98 Å². The number of pyridine rings is 1. The average Bonchev–Trinajstić information content (AvgIpc) is 2.84. The maximum Gasteiger partial charge on any atom is 0.337 e. The van der Waals surface area contributed by atoms with Crippen molar-refractivity contribution >= 4 is 81.0 Å². The average molecular weight is 647 g/mol. The van der Waals surface area contributed by atoms with E-state index in [0.717, 1.165) is 12.0 Å². The van der Waals surface area contributed by atoms with Crippen LogP contribution in [-0.2, 0) is 11.4 Å². The highest BCUT2D eigenvalue weighted by Gasteiger charge is 2.16. The molecular formula is C23H22Cl2IN4O4P. The van der Waals surface area contributed by atoms with Crippen LogP contribution in [0, 0.1) is 5.41 Å². The van der Waals surface area contributed by atoms with Gasteiger partial charge in [-0.05, 0) is 59.3 Å². The molecule has 0 saturated heterocycles. The van der Waals surface area contributed by atoms with Crippen LogP contribution in [0.1, 0.15) is 34.0 Å². The van der Waals surface area contributed by atoms with Crippen LogP contribution >= 0.6 is 51.6 Å². The first-order valence-corrected chi connectivity index (χ1v) is 14.8. The molecule has 1 atom stereocenters. The number of aromatic carboxylic acids is 1. The number of nitrogens with one attached hydrogen (secondary N) is 3. The van der Waals surface area contributed by atoms with Crippen LogP contribution in [-0.4, -0.2) is 35.1 Å². The molecule has 1 aromatic heterocycles. The van der Waals surface area contributed by atoms with Gasteiger partial charge in [-0.15, -0.1) is 0 Å². The van der Waals surface area contributed by atoms with Crippen LogP contribution in [0.25, 0.3) is 0 Å². The minimum Gasteiger partial charge on any atom is -0.489 e. The van der Waals surface area contributed by atoms with E-state index in [2.05, 4.69) is 37.4 Å². The highest BCUT2D eigenvalue weighted by molar-refractivity contribution is 14.2. The summed E-state index contributed by atoms with van der Waals surface area (Å²) in [6, 6.07) is 10.1. The van der Waals surface area contributed by atoms with Crippen molar-refractivity contribution in [2.45, 2.75) is 13.5 Å². The van der Waals surface area contributed by atoms with Crippen molar-refractivity contribution in [2.75, 3.05) is 17.5 Å². The topological polar surface area (TPSA) is 124 Å². The number of halogens is 3. The molecule has 184 valence electrons. The Morgan fingerprint density at radius 1 is 1.17 bits per heavy atom. The third-order valence-corrected chi connectivity index (χ3v) is 6.41. The van der Waals surface area contributed by atoms with Crippen molar-refractivity contribution in [3.8, 4) is 5.75 Å². The van der Waals surface area contributed by atoms with Crippen molar-refractivity contribution in [3.05, 3.63) is 81.1 Å². The Morgan fingerprint density at radius 3 is 2.40 bits per heavy atom. The van der Waals surface area contributed by atoms with Crippen LogP contribution in [0.4, 0.5) is 11.4 Å². The standard InChI is InChI=1S/C21H18Cl2IN4O3P.C2H4O/c1-26-19-6-11(2-4-13(19)21(29)30)20(25)14-7-12(3-5-18(14)28-32-24)31-10-15-16(22)8-27-9-17(15)23;1-2-3/h2-9,25-26,28,32H,10H2,1H3,(H,29,30);2H,1H3. The first-order valence-electron chi connectivity index (χ1n) is 9.97. The van der Waals surface area contributed by atoms with E-state index >= 15 is 0 Å². The number of carbonyl (C=O) groups excluding carboxylic acids is 1. The lowest BCUT2D eigenvalue weighted by molar-refractivity contribution is -0.106. The number of benzene rings is 2. The molecule has 0 radical (unpaired) electrons. The SMILES string of the molecule is CC=O.CNc1cc(C(=N)c2cc(OCc3c(Cl)cncc3Cl)ccc2NPI)ccc1C(=O)O. The number of carboxylic acids is 1. The van der Waals surface area contributed by atoms with E-state index in [0.29, 0.717) is 44.5 Å². The third kappa shape index (κ3) is 7.76. The van der Waals surface area contributed by atoms with Crippen molar-refractivity contribution in [1.29, 1.82) is 5.41 Å². The molecule has 0 saturated carbocycles. The number of carbonyl (C=O) groups is 2. The maximum atomic E-state index is 11.4. The van der Waals surface area contributed by atoms with E-state index in [9.17, 15) is 9.90 Å². The summed E-state index contributed by atoms with van der Waals surface area (Å²) in [6.07, 6.45) is 4.15. The molecule has 1 unspecified atom stereocenters. The molecule has 1 heterocycles. The fourth-order valence-electron chi connectivity index (χ4n) is 2.96. The molecular weight excluding hydrogens is 625 g/mol. The minimum atomic E-state index is -1.04. The van der Waals surface area contributed by atoms with Gasteiger partial charge in [0.2, 0.25) is 0 Å². The number of aromatic nitrogens is 1. The fraction of sp³-hybridized carbons (Fsp3) is 0.130. The monoisotopic (exact) mass is 646 g/mol. The van der Waals surface area contributed by atoms with Crippen LogP contribution < -0.4 is 15.1 Å². The lowest BCUT2D eigenvalue weighted by Crippen LogP contribution is -2.09. The molecule has 0 aliphatic carbocycles. The maximum absolute atomic E-state index is 11.4. The molecule has 0 aliphatic rings. The lowest BCUT2D eigenvalue weighted by Gasteiger charge is -2.16. The Morgan fingerprint density at radius 2 is 1.83 bits per heavy atom. The van der Waals surface area contributed by atoms with Gasteiger partial charge in [-0.25, -0.2) is 4.79 Å². The van der Waals surface area contributed by atoms with Gasteiger partial charge in [-0.1, -0.05) is 29.3 Å². The van der Waals surface area contributed by atoms with E-state index in [1.807, 2.05) is 6.07 Å². The Labute approximate surface area is 227 Å². The van der Waals surface area contributed by atoms with Gasteiger partial charge in [0.15, 0.2) is 0 Å². The Kier molecular flexibility index (Phi) is 11.7. The van der Waals surface area contributed by atoms with E-state index in [4.69, 9.17) is 38.1 Å². The summed E-state index contributed by atoms with van der Waals surface area (Å²) in [5, 5.41) is 25.1. The van der Waals surface area contributed by atoms with E-state index in [1.165, 1.54) is 25.4 Å². The van der Waals surface area contributed by atoms with Gasteiger partial charge in [-0.3, -0.25) is 10.4 Å². The molecule has 0 spiro atoms. The Bertz CT molecular complexity index is 1210. The summed E-state index contributed by atoms with van der Waals surface area (Å²) in [6.45, 7) is 1.59. The molecule has 0 bridgehead atoms. The number of ether oxygens (including phenoxy) is 1. The van der Waals surface area contributed by atoms with Gasteiger partial charge in [0, 0.05) is 53.9 Å². The third-order valence-electron chi connectivity index (χ3n) is 4.59. The number of carboxylic acid groups (broad SMARTS) is 1. The van der Waals surface area contributed by atoms with Gasteiger partial charge < -0.3 is 25.0 Å². The molecule has 0 aliphatic heterocycles. The lowest BCUT2D eigenvalue weighted by atomic mass is 9.98.